The van der Waals surface area contributed by atoms with Crippen molar-refractivity contribution in [2.45, 2.75) is 11.4 Å². The molecule has 0 aliphatic carbocycles. The summed E-state index contributed by atoms with van der Waals surface area (Å²) in [6.07, 6.45) is 4.81. The van der Waals surface area contributed by atoms with Crippen LogP contribution in [0, 0.1) is 0 Å². The lowest BCUT2D eigenvalue weighted by Crippen LogP contribution is -2.04. The molecule has 1 aromatic carbocycles. The Balaban J connectivity index is 2.14. The second kappa shape index (κ2) is 4.93. The minimum atomic E-state index is -3.23. The summed E-state index contributed by atoms with van der Waals surface area (Å²) in [4.78, 5) is 0.219. The fourth-order valence-electron chi connectivity index (χ4n) is 1.69. The van der Waals surface area contributed by atoms with Crippen LogP contribution < -0.4 is 11.1 Å². The lowest BCUT2D eigenvalue weighted by molar-refractivity contribution is 0.602. The minimum absolute atomic E-state index is 0.219. The van der Waals surface area contributed by atoms with Gasteiger partial charge in [-0.2, -0.15) is 5.10 Å². The summed E-state index contributed by atoms with van der Waals surface area (Å²) in [5.74, 6) is 0. The molecule has 2 aromatic rings. The smallest absolute Gasteiger partial charge is 0.175 e. The number of nitrogens with two attached hydrogens (primary N) is 1. The van der Waals surface area contributed by atoms with Crippen LogP contribution in [-0.4, -0.2) is 24.5 Å². The Kier molecular flexibility index (Phi) is 3.48. The maximum Gasteiger partial charge on any atom is 0.175 e. The molecule has 2 rings (SSSR count). The van der Waals surface area contributed by atoms with Crippen molar-refractivity contribution in [3.8, 4) is 0 Å². The van der Waals surface area contributed by atoms with E-state index >= 15 is 0 Å². The van der Waals surface area contributed by atoms with Gasteiger partial charge in [0.25, 0.3) is 0 Å². The number of nitrogens with one attached hydrogen (secondary N) is 1. The number of rotatable bonds is 4. The summed E-state index contributed by atoms with van der Waals surface area (Å²) in [6.45, 7) is 0.580. The zero-order valence-corrected chi connectivity index (χ0v) is 11.6. The molecule has 0 bridgehead atoms. The van der Waals surface area contributed by atoms with Gasteiger partial charge in [0.05, 0.1) is 22.5 Å². The van der Waals surface area contributed by atoms with E-state index in [2.05, 4.69) is 10.4 Å². The zero-order valence-electron chi connectivity index (χ0n) is 10.8. The van der Waals surface area contributed by atoms with E-state index in [-0.39, 0.29) is 4.90 Å². The van der Waals surface area contributed by atoms with E-state index in [1.165, 1.54) is 12.1 Å². The van der Waals surface area contributed by atoms with Crippen molar-refractivity contribution in [3.63, 3.8) is 0 Å². The monoisotopic (exact) mass is 280 g/mol. The van der Waals surface area contributed by atoms with E-state index < -0.39 is 9.84 Å². The average Bonchev–Trinajstić information content (AvgIpc) is 2.72. The second-order valence-corrected chi connectivity index (χ2v) is 6.41. The number of sulfone groups is 1. The zero-order chi connectivity index (χ0) is 14.0. The molecule has 19 heavy (non-hydrogen) atoms. The third kappa shape index (κ3) is 3.25. The highest BCUT2D eigenvalue weighted by atomic mass is 32.2. The standard InChI is InChI=1S/C12H16N4O2S/c1-16-8-9(7-15-16)6-14-12-4-3-10(5-11(12)13)19(2,17)18/h3-5,7-8,14H,6,13H2,1-2H3. The first-order chi connectivity index (χ1) is 8.86. The van der Waals surface area contributed by atoms with Gasteiger partial charge in [-0.1, -0.05) is 0 Å². The van der Waals surface area contributed by atoms with Crippen LogP contribution in [0.1, 0.15) is 5.56 Å². The normalized spacial score (nSPS) is 11.5. The molecule has 0 spiro atoms. The van der Waals surface area contributed by atoms with Crippen LogP contribution in [0.15, 0.2) is 35.5 Å². The van der Waals surface area contributed by atoms with Gasteiger partial charge in [0, 0.05) is 31.6 Å². The number of nitrogen functional groups attached to an aromatic ring is 1. The number of aryl methyl sites for hydroxylation is 1. The molecule has 1 heterocycles. The Hall–Kier alpha value is -2.02. The van der Waals surface area contributed by atoms with Crippen LogP contribution in [0.4, 0.5) is 11.4 Å². The Labute approximate surface area is 112 Å². The third-order valence-corrected chi connectivity index (χ3v) is 3.80. The van der Waals surface area contributed by atoms with Gasteiger partial charge in [-0.25, -0.2) is 8.42 Å². The molecule has 0 aliphatic heterocycles. The van der Waals surface area contributed by atoms with Crippen LogP contribution in [0.25, 0.3) is 0 Å². The van der Waals surface area contributed by atoms with Gasteiger partial charge in [-0.3, -0.25) is 4.68 Å². The van der Waals surface area contributed by atoms with Gasteiger partial charge in [0.15, 0.2) is 9.84 Å². The maximum atomic E-state index is 11.4. The van der Waals surface area contributed by atoms with E-state index in [0.717, 1.165) is 11.8 Å². The van der Waals surface area contributed by atoms with E-state index in [9.17, 15) is 8.42 Å². The minimum Gasteiger partial charge on any atom is -0.397 e. The first-order valence-corrected chi connectivity index (χ1v) is 7.56. The van der Waals surface area contributed by atoms with Crippen LogP contribution in [0.2, 0.25) is 0 Å². The summed E-state index contributed by atoms with van der Waals surface area (Å²) < 4.78 is 24.5. The van der Waals surface area contributed by atoms with Crippen molar-refractivity contribution in [1.29, 1.82) is 0 Å². The average molecular weight is 280 g/mol. The molecule has 0 saturated carbocycles. The maximum absolute atomic E-state index is 11.4. The van der Waals surface area contributed by atoms with E-state index in [0.29, 0.717) is 17.9 Å². The summed E-state index contributed by atoms with van der Waals surface area (Å²) in [5.41, 5.74) is 7.98. The quantitative estimate of drug-likeness (QED) is 0.816. The number of aromatic nitrogens is 2. The van der Waals surface area contributed by atoms with Gasteiger partial charge in [-0.05, 0) is 18.2 Å². The van der Waals surface area contributed by atoms with E-state index in [1.807, 2.05) is 13.2 Å². The number of nitrogens with zero attached hydrogens (tertiary/aromatic N) is 2. The van der Waals surface area contributed by atoms with Gasteiger partial charge >= 0.3 is 0 Å². The summed E-state index contributed by atoms with van der Waals surface area (Å²) >= 11 is 0. The van der Waals surface area contributed by atoms with Crippen molar-refractivity contribution in [3.05, 3.63) is 36.2 Å². The summed E-state index contributed by atoms with van der Waals surface area (Å²) in [7, 11) is -1.38. The molecule has 3 N–H and O–H groups in total. The molecule has 0 unspecified atom stereocenters. The number of benzene rings is 1. The lowest BCUT2D eigenvalue weighted by atomic mass is 10.2. The van der Waals surface area contributed by atoms with E-state index in [1.54, 1.807) is 16.9 Å². The molecule has 0 fully saturated rings. The van der Waals surface area contributed by atoms with Crippen molar-refractivity contribution in [2.24, 2.45) is 7.05 Å². The highest BCUT2D eigenvalue weighted by molar-refractivity contribution is 7.90. The van der Waals surface area contributed by atoms with Gasteiger partial charge in [0.2, 0.25) is 0 Å². The Morgan fingerprint density at radius 1 is 1.42 bits per heavy atom. The third-order valence-electron chi connectivity index (χ3n) is 2.69. The SMILES string of the molecule is Cn1cc(CNc2ccc(S(C)(=O)=O)cc2N)cn1. The predicted molar refractivity (Wildman–Crippen MR) is 74.5 cm³/mol. The second-order valence-electron chi connectivity index (χ2n) is 4.40. The highest BCUT2D eigenvalue weighted by Gasteiger charge is 2.09. The summed E-state index contributed by atoms with van der Waals surface area (Å²) in [5, 5.41) is 7.21. The van der Waals surface area contributed by atoms with Crippen LogP contribution >= 0.6 is 0 Å². The van der Waals surface area contributed by atoms with Crippen molar-refractivity contribution in [2.75, 3.05) is 17.3 Å². The Morgan fingerprint density at radius 3 is 2.68 bits per heavy atom. The Bertz CT molecular complexity index is 692. The largest absolute Gasteiger partial charge is 0.397 e. The number of anilines is 2. The molecule has 102 valence electrons. The molecule has 0 radical (unpaired) electrons. The first kappa shape index (κ1) is 13.4. The number of hydrogen-bond donors (Lipinski definition) is 2. The molecule has 1 aromatic heterocycles. The fraction of sp³-hybridized carbons (Fsp3) is 0.250. The molecule has 0 atom stereocenters. The molecule has 7 heteroatoms. The predicted octanol–water partition coefficient (Wildman–Crippen LogP) is 1.02. The highest BCUT2D eigenvalue weighted by Crippen LogP contribution is 2.23. The van der Waals surface area contributed by atoms with Gasteiger partial charge in [0.1, 0.15) is 0 Å². The van der Waals surface area contributed by atoms with Crippen molar-refractivity contribution in [1.82, 2.24) is 9.78 Å². The molecule has 0 aliphatic rings. The molecular formula is C12H16N4O2S. The van der Waals surface area contributed by atoms with Crippen LogP contribution in [0.3, 0.4) is 0 Å². The molecule has 0 amide bonds. The molecular weight excluding hydrogens is 264 g/mol. The van der Waals surface area contributed by atoms with Crippen molar-refractivity contribution >= 4 is 21.2 Å². The molecule has 0 saturated heterocycles. The lowest BCUT2D eigenvalue weighted by Gasteiger charge is -2.09. The van der Waals surface area contributed by atoms with Crippen molar-refractivity contribution < 1.29 is 8.42 Å². The molecule has 6 nitrogen and oxygen atoms in total. The van der Waals surface area contributed by atoms with Crippen LogP contribution in [0.5, 0.6) is 0 Å². The topological polar surface area (TPSA) is 90.0 Å². The number of hydrogen-bond acceptors (Lipinski definition) is 5. The van der Waals surface area contributed by atoms with Gasteiger partial charge < -0.3 is 11.1 Å². The fourth-order valence-corrected chi connectivity index (χ4v) is 2.35. The van der Waals surface area contributed by atoms with Gasteiger partial charge in [-0.15, -0.1) is 0 Å². The van der Waals surface area contributed by atoms with Crippen LogP contribution in [-0.2, 0) is 23.4 Å². The first-order valence-electron chi connectivity index (χ1n) is 5.67. The Morgan fingerprint density at radius 2 is 2.16 bits per heavy atom. The van der Waals surface area contributed by atoms with E-state index in [4.69, 9.17) is 5.73 Å². The summed E-state index contributed by atoms with van der Waals surface area (Å²) in [6, 6.07) is 4.67.